The number of ether oxygens (including phenoxy) is 1. The zero-order valence-electron chi connectivity index (χ0n) is 12.2. The maximum atomic E-state index is 13.9. The standard InChI is InChI=1S/C17H19F2NO/c1-3-20-16(14-6-4-5-7-17(14)21-2)10-12-8-9-13(18)11-15(12)19/h4-9,11,16,20H,3,10H2,1-2H3. The smallest absolute Gasteiger partial charge is 0.129 e. The van der Waals surface area contributed by atoms with Crippen molar-refractivity contribution in [2.45, 2.75) is 19.4 Å². The molecule has 0 radical (unpaired) electrons. The molecule has 0 saturated heterocycles. The molecule has 2 nitrogen and oxygen atoms in total. The van der Waals surface area contributed by atoms with Crippen LogP contribution in [0.4, 0.5) is 8.78 Å². The molecule has 112 valence electrons. The SMILES string of the molecule is CCNC(Cc1ccc(F)cc1F)c1ccccc1OC. The van der Waals surface area contributed by atoms with E-state index in [0.717, 1.165) is 23.9 Å². The van der Waals surface area contributed by atoms with E-state index in [1.807, 2.05) is 31.2 Å². The molecular weight excluding hydrogens is 272 g/mol. The monoisotopic (exact) mass is 291 g/mol. The highest BCUT2D eigenvalue weighted by molar-refractivity contribution is 5.37. The van der Waals surface area contributed by atoms with Crippen LogP contribution in [0.5, 0.6) is 5.75 Å². The second-order valence-corrected chi connectivity index (χ2v) is 4.79. The highest BCUT2D eigenvalue weighted by Crippen LogP contribution is 2.28. The summed E-state index contributed by atoms with van der Waals surface area (Å²) in [7, 11) is 1.61. The fourth-order valence-electron chi connectivity index (χ4n) is 2.40. The molecule has 0 bridgehead atoms. The predicted octanol–water partition coefficient (Wildman–Crippen LogP) is 3.87. The molecule has 2 aromatic rings. The van der Waals surface area contributed by atoms with Crippen molar-refractivity contribution in [2.24, 2.45) is 0 Å². The molecule has 0 aliphatic heterocycles. The molecule has 2 aromatic carbocycles. The average Bonchev–Trinajstić information content (AvgIpc) is 2.49. The van der Waals surface area contributed by atoms with Crippen LogP contribution in [-0.4, -0.2) is 13.7 Å². The molecule has 1 N–H and O–H groups in total. The minimum Gasteiger partial charge on any atom is -0.496 e. The Labute approximate surface area is 123 Å². The van der Waals surface area contributed by atoms with E-state index in [9.17, 15) is 8.78 Å². The van der Waals surface area contributed by atoms with Crippen LogP contribution in [0.1, 0.15) is 24.1 Å². The van der Waals surface area contributed by atoms with Crippen molar-refractivity contribution in [1.82, 2.24) is 5.32 Å². The van der Waals surface area contributed by atoms with Crippen LogP contribution in [0.2, 0.25) is 0 Å². The first-order chi connectivity index (χ1) is 10.2. The third-order valence-corrected chi connectivity index (χ3v) is 3.40. The van der Waals surface area contributed by atoms with Crippen LogP contribution in [0, 0.1) is 11.6 Å². The van der Waals surface area contributed by atoms with E-state index in [-0.39, 0.29) is 6.04 Å². The quantitative estimate of drug-likeness (QED) is 0.872. The van der Waals surface area contributed by atoms with Gasteiger partial charge in [-0.2, -0.15) is 0 Å². The third-order valence-electron chi connectivity index (χ3n) is 3.40. The number of hydrogen-bond donors (Lipinski definition) is 1. The number of hydrogen-bond acceptors (Lipinski definition) is 2. The van der Waals surface area contributed by atoms with E-state index >= 15 is 0 Å². The van der Waals surface area contributed by atoms with Crippen LogP contribution in [-0.2, 0) is 6.42 Å². The fraction of sp³-hybridized carbons (Fsp3) is 0.294. The Kier molecular flexibility index (Phi) is 5.28. The van der Waals surface area contributed by atoms with E-state index in [2.05, 4.69) is 5.32 Å². The molecule has 0 aliphatic carbocycles. The summed E-state index contributed by atoms with van der Waals surface area (Å²) in [6.07, 6.45) is 0.431. The van der Waals surface area contributed by atoms with Gasteiger partial charge in [-0.15, -0.1) is 0 Å². The Balaban J connectivity index is 2.30. The van der Waals surface area contributed by atoms with Gasteiger partial charge in [0, 0.05) is 17.7 Å². The van der Waals surface area contributed by atoms with Crippen LogP contribution in [0.15, 0.2) is 42.5 Å². The van der Waals surface area contributed by atoms with Crippen molar-refractivity contribution < 1.29 is 13.5 Å². The Hall–Kier alpha value is -1.94. The van der Waals surface area contributed by atoms with Gasteiger partial charge in [0.05, 0.1) is 7.11 Å². The van der Waals surface area contributed by atoms with Crippen molar-refractivity contribution in [3.8, 4) is 5.75 Å². The van der Waals surface area contributed by atoms with Gasteiger partial charge >= 0.3 is 0 Å². The summed E-state index contributed by atoms with van der Waals surface area (Å²) in [5.41, 5.74) is 1.44. The first-order valence-electron chi connectivity index (χ1n) is 6.96. The van der Waals surface area contributed by atoms with Gasteiger partial charge in [0.2, 0.25) is 0 Å². The van der Waals surface area contributed by atoms with E-state index in [0.29, 0.717) is 12.0 Å². The van der Waals surface area contributed by atoms with Gasteiger partial charge < -0.3 is 10.1 Å². The maximum absolute atomic E-state index is 13.9. The van der Waals surface area contributed by atoms with E-state index in [1.54, 1.807) is 7.11 Å². The normalized spacial score (nSPS) is 12.2. The third kappa shape index (κ3) is 3.79. The van der Waals surface area contributed by atoms with E-state index in [4.69, 9.17) is 4.74 Å². The molecule has 0 spiro atoms. The minimum atomic E-state index is -0.562. The lowest BCUT2D eigenvalue weighted by atomic mass is 9.97. The molecular formula is C17H19F2NO. The van der Waals surface area contributed by atoms with Crippen LogP contribution in [0.25, 0.3) is 0 Å². The lowest BCUT2D eigenvalue weighted by Gasteiger charge is -2.21. The van der Waals surface area contributed by atoms with Crippen molar-refractivity contribution >= 4 is 0 Å². The summed E-state index contributed by atoms with van der Waals surface area (Å²) in [4.78, 5) is 0. The molecule has 4 heteroatoms. The Morgan fingerprint density at radius 1 is 1.14 bits per heavy atom. The molecule has 0 aliphatic rings. The molecule has 0 heterocycles. The molecule has 1 unspecified atom stereocenters. The lowest BCUT2D eigenvalue weighted by molar-refractivity contribution is 0.398. The number of nitrogens with one attached hydrogen (secondary N) is 1. The fourth-order valence-corrected chi connectivity index (χ4v) is 2.40. The summed E-state index contributed by atoms with van der Waals surface area (Å²) in [5, 5.41) is 3.32. The van der Waals surface area contributed by atoms with Gasteiger partial charge in [0.1, 0.15) is 17.4 Å². The van der Waals surface area contributed by atoms with Crippen LogP contribution < -0.4 is 10.1 Å². The molecule has 21 heavy (non-hydrogen) atoms. The number of para-hydroxylation sites is 1. The molecule has 0 fully saturated rings. The first kappa shape index (κ1) is 15.4. The number of methoxy groups -OCH3 is 1. The molecule has 1 atom stereocenters. The zero-order valence-corrected chi connectivity index (χ0v) is 12.2. The van der Waals surface area contributed by atoms with Gasteiger partial charge in [0.25, 0.3) is 0 Å². The summed E-state index contributed by atoms with van der Waals surface area (Å²) in [6.45, 7) is 2.73. The number of halogens is 2. The van der Waals surface area contributed by atoms with Gasteiger partial charge in [0.15, 0.2) is 0 Å². The zero-order chi connectivity index (χ0) is 15.2. The number of likely N-dealkylation sites (N-methyl/N-ethyl adjacent to an activating group) is 1. The second kappa shape index (κ2) is 7.18. The van der Waals surface area contributed by atoms with E-state index < -0.39 is 11.6 Å². The average molecular weight is 291 g/mol. The molecule has 0 amide bonds. The molecule has 2 rings (SSSR count). The largest absolute Gasteiger partial charge is 0.496 e. The summed E-state index contributed by atoms with van der Waals surface area (Å²) < 4.78 is 32.2. The second-order valence-electron chi connectivity index (χ2n) is 4.79. The van der Waals surface area contributed by atoms with Gasteiger partial charge in [-0.25, -0.2) is 8.78 Å². The lowest BCUT2D eigenvalue weighted by Crippen LogP contribution is -2.24. The van der Waals surface area contributed by atoms with Gasteiger partial charge in [-0.3, -0.25) is 0 Å². The highest BCUT2D eigenvalue weighted by Gasteiger charge is 2.17. The van der Waals surface area contributed by atoms with Crippen LogP contribution >= 0.6 is 0 Å². The van der Waals surface area contributed by atoms with Crippen molar-refractivity contribution in [3.05, 3.63) is 65.2 Å². The maximum Gasteiger partial charge on any atom is 0.129 e. The summed E-state index contributed by atoms with van der Waals surface area (Å²) in [5.74, 6) is -0.327. The predicted molar refractivity (Wildman–Crippen MR) is 79.5 cm³/mol. The van der Waals surface area contributed by atoms with Crippen molar-refractivity contribution in [2.75, 3.05) is 13.7 Å². The van der Waals surface area contributed by atoms with Gasteiger partial charge in [-0.05, 0) is 30.7 Å². The Morgan fingerprint density at radius 2 is 1.90 bits per heavy atom. The minimum absolute atomic E-state index is 0.0916. The topological polar surface area (TPSA) is 21.3 Å². The van der Waals surface area contributed by atoms with Crippen molar-refractivity contribution in [1.29, 1.82) is 0 Å². The summed E-state index contributed by atoms with van der Waals surface area (Å²) in [6, 6.07) is 11.2. The summed E-state index contributed by atoms with van der Waals surface area (Å²) >= 11 is 0. The number of rotatable bonds is 6. The first-order valence-corrected chi connectivity index (χ1v) is 6.96. The Bertz CT molecular complexity index is 601. The molecule has 0 aromatic heterocycles. The highest BCUT2D eigenvalue weighted by atomic mass is 19.1. The van der Waals surface area contributed by atoms with Crippen LogP contribution in [0.3, 0.4) is 0 Å². The van der Waals surface area contributed by atoms with Crippen molar-refractivity contribution in [3.63, 3.8) is 0 Å². The van der Waals surface area contributed by atoms with Gasteiger partial charge in [-0.1, -0.05) is 31.2 Å². The number of benzene rings is 2. The Morgan fingerprint density at radius 3 is 2.57 bits per heavy atom. The van der Waals surface area contributed by atoms with E-state index in [1.165, 1.54) is 12.1 Å². The molecule has 0 saturated carbocycles.